The van der Waals surface area contributed by atoms with E-state index in [0.29, 0.717) is 16.9 Å². The predicted octanol–water partition coefficient (Wildman–Crippen LogP) is 3.08. The predicted molar refractivity (Wildman–Crippen MR) is 96.2 cm³/mol. The Kier molecular flexibility index (Phi) is 6.06. The molecule has 0 aliphatic carbocycles. The monoisotopic (exact) mass is 338 g/mol. The molecule has 0 fully saturated rings. The molecule has 0 aromatic heterocycles. The fraction of sp³-hybridized carbons (Fsp3) is 0.105. The van der Waals surface area contributed by atoms with E-state index in [2.05, 4.69) is 15.4 Å². The average Bonchev–Trinajstić information content (AvgIpc) is 2.61. The minimum atomic E-state index is -0.406. The van der Waals surface area contributed by atoms with Crippen LogP contribution in [-0.2, 0) is 14.3 Å². The Morgan fingerprint density at radius 2 is 1.44 bits per heavy atom. The van der Waals surface area contributed by atoms with Crippen molar-refractivity contribution in [3.05, 3.63) is 65.7 Å². The standard InChI is InChI=1S/C19H18N2O4/c1-13(22)20-16-8-10-17(11-9-16)21-18(23)12-5-14-3-6-15(7-4-14)19(24)25-2/h3-12H,1-2H3,(H,20,22)(H,21,23)/b12-5+. The summed E-state index contributed by atoms with van der Waals surface area (Å²) in [4.78, 5) is 34.2. The van der Waals surface area contributed by atoms with E-state index in [0.717, 1.165) is 5.56 Å². The Labute approximate surface area is 145 Å². The van der Waals surface area contributed by atoms with Crippen molar-refractivity contribution in [2.75, 3.05) is 17.7 Å². The minimum absolute atomic E-state index is 0.155. The summed E-state index contributed by atoms with van der Waals surface area (Å²) < 4.78 is 4.63. The van der Waals surface area contributed by atoms with Gasteiger partial charge < -0.3 is 15.4 Å². The molecule has 2 amide bonds. The first-order valence-electron chi connectivity index (χ1n) is 7.53. The summed E-state index contributed by atoms with van der Waals surface area (Å²) >= 11 is 0. The number of esters is 1. The van der Waals surface area contributed by atoms with Crippen LogP contribution in [0.15, 0.2) is 54.6 Å². The number of nitrogens with one attached hydrogen (secondary N) is 2. The van der Waals surface area contributed by atoms with Gasteiger partial charge in [0.25, 0.3) is 0 Å². The Morgan fingerprint density at radius 1 is 0.880 bits per heavy atom. The van der Waals surface area contributed by atoms with E-state index in [1.165, 1.54) is 20.1 Å². The Hall–Kier alpha value is -3.41. The van der Waals surface area contributed by atoms with Gasteiger partial charge in [0, 0.05) is 24.4 Å². The number of benzene rings is 2. The highest BCUT2D eigenvalue weighted by Gasteiger charge is 2.03. The molecule has 0 aliphatic heterocycles. The molecular formula is C19H18N2O4. The summed E-state index contributed by atoms with van der Waals surface area (Å²) in [6.07, 6.45) is 3.04. The second-order valence-corrected chi connectivity index (χ2v) is 5.19. The lowest BCUT2D eigenvalue weighted by Crippen LogP contribution is -2.08. The van der Waals surface area contributed by atoms with Gasteiger partial charge >= 0.3 is 5.97 Å². The van der Waals surface area contributed by atoms with Crippen LogP contribution in [0, 0.1) is 0 Å². The first-order chi connectivity index (χ1) is 12.0. The van der Waals surface area contributed by atoms with E-state index in [1.54, 1.807) is 54.6 Å². The van der Waals surface area contributed by atoms with Crippen LogP contribution in [0.2, 0.25) is 0 Å². The molecule has 2 N–H and O–H groups in total. The highest BCUT2D eigenvalue weighted by Crippen LogP contribution is 2.14. The summed E-state index contributed by atoms with van der Waals surface area (Å²) in [5.74, 6) is -0.849. The SMILES string of the molecule is COC(=O)c1ccc(/C=C/C(=O)Nc2ccc(NC(C)=O)cc2)cc1. The second kappa shape index (κ2) is 8.44. The number of rotatable bonds is 5. The van der Waals surface area contributed by atoms with Crippen molar-refractivity contribution < 1.29 is 19.1 Å². The molecule has 0 heterocycles. The van der Waals surface area contributed by atoms with Crippen molar-refractivity contribution in [2.45, 2.75) is 6.92 Å². The van der Waals surface area contributed by atoms with Crippen molar-refractivity contribution in [3.63, 3.8) is 0 Å². The Balaban J connectivity index is 1.94. The molecule has 0 atom stereocenters. The summed E-state index contributed by atoms with van der Waals surface area (Å²) in [5.41, 5.74) is 2.50. The van der Waals surface area contributed by atoms with Crippen LogP contribution in [0.5, 0.6) is 0 Å². The molecular weight excluding hydrogens is 320 g/mol. The van der Waals surface area contributed by atoms with E-state index in [1.807, 2.05) is 0 Å². The van der Waals surface area contributed by atoms with Crippen molar-refractivity contribution in [3.8, 4) is 0 Å². The molecule has 0 aliphatic rings. The van der Waals surface area contributed by atoms with Gasteiger partial charge in [0.05, 0.1) is 12.7 Å². The Morgan fingerprint density at radius 3 is 1.96 bits per heavy atom. The van der Waals surface area contributed by atoms with E-state index in [-0.39, 0.29) is 11.8 Å². The number of ether oxygens (including phenoxy) is 1. The van der Waals surface area contributed by atoms with Gasteiger partial charge in [0.2, 0.25) is 11.8 Å². The molecule has 0 saturated heterocycles. The summed E-state index contributed by atoms with van der Waals surface area (Å²) in [7, 11) is 1.32. The zero-order chi connectivity index (χ0) is 18.2. The number of anilines is 2. The molecule has 2 rings (SSSR count). The van der Waals surface area contributed by atoms with Gasteiger partial charge in [-0.25, -0.2) is 4.79 Å². The molecule has 2 aromatic rings. The molecule has 6 heteroatoms. The van der Waals surface area contributed by atoms with Crippen molar-refractivity contribution >= 4 is 35.2 Å². The number of hydrogen-bond donors (Lipinski definition) is 2. The van der Waals surface area contributed by atoms with Crippen LogP contribution in [0.3, 0.4) is 0 Å². The molecule has 25 heavy (non-hydrogen) atoms. The zero-order valence-corrected chi connectivity index (χ0v) is 13.9. The van der Waals surface area contributed by atoms with Crippen LogP contribution in [0.4, 0.5) is 11.4 Å². The number of carbonyl (C=O) groups excluding carboxylic acids is 3. The summed E-state index contributed by atoms with van der Waals surface area (Å²) in [6, 6.07) is 13.5. The molecule has 0 radical (unpaired) electrons. The summed E-state index contributed by atoms with van der Waals surface area (Å²) in [5, 5.41) is 5.37. The van der Waals surface area contributed by atoms with Gasteiger partial charge in [0.1, 0.15) is 0 Å². The topological polar surface area (TPSA) is 84.5 Å². The van der Waals surface area contributed by atoms with E-state index in [9.17, 15) is 14.4 Å². The van der Waals surface area contributed by atoms with Crippen molar-refractivity contribution in [1.29, 1.82) is 0 Å². The highest BCUT2D eigenvalue weighted by molar-refractivity contribution is 6.02. The molecule has 0 bridgehead atoms. The lowest BCUT2D eigenvalue weighted by molar-refractivity contribution is -0.114. The first-order valence-corrected chi connectivity index (χ1v) is 7.53. The third-order valence-electron chi connectivity index (χ3n) is 3.23. The van der Waals surface area contributed by atoms with E-state index >= 15 is 0 Å². The minimum Gasteiger partial charge on any atom is -0.465 e. The zero-order valence-electron chi connectivity index (χ0n) is 13.9. The van der Waals surface area contributed by atoms with Crippen LogP contribution < -0.4 is 10.6 Å². The van der Waals surface area contributed by atoms with Gasteiger partial charge in [0.15, 0.2) is 0 Å². The van der Waals surface area contributed by atoms with Gasteiger partial charge in [-0.2, -0.15) is 0 Å². The van der Waals surface area contributed by atoms with Gasteiger partial charge in [-0.05, 0) is 48.0 Å². The van der Waals surface area contributed by atoms with Gasteiger partial charge in [-0.3, -0.25) is 9.59 Å². The van der Waals surface area contributed by atoms with E-state index < -0.39 is 5.97 Å². The molecule has 128 valence electrons. The number of hydrogen-bond acceptors (Lipinski definition) is 4. The Bertz CT molecular complexity index is 793. The summed E-state index contributed by atoms with van der Waals surface area (Å²) in [6.45, 7) is 1.43. The third kappa shape index (κ3) is 5.62. The largest absolute Gasteiger partial charge is 0.465 e. The molecule has 0 saturated carbocycles. The number of methoxy groups -OCH3 is 1. The first kappa shape index (κ1) is 17.9. The number of carbonyl (C=O) groups is 3. The second-order valence-electron chi connectivity index (χ2n) is 5.19. The highest BCUT2D eigenvalue weighted by atomic mass is 16.5. The smallest absolute Gasteiger partial charge is 0.337 e. The van der Waals surface area contributed by atoms with Crippen molar-refractivity contribution in [2.24, 2.45) is 0 Å². The van der Waals surface area contributed by atoms with Gasteiger partial charge in [-0.1, -0.05) is 12.1 Å². The van der Waals surface area contributed by atoms with E-state index in [4.69, 9.17) is 0 Å². The lowest BCUT2D eigenvalue weighted by Gasteiger charge is -2.05. The maximum Gasteiger partial charge on any atom is 0.337 e. The fourth-order valence-electron chi connectivity index (χ4n) is 2.04. The van der Waals surface area contributed by atoms with Gasteiger partial charge in [-0.15, -0.1) is 0 Å². The number of amides is 2. The maximum absolute atomic E-state index is 11.9. The van der Waals surface area contributed by atoms with Crippen LogP contribution in [0.25, 0.3) is 6.08 Å². The molecule has 6 nitrogen and oxygen atoms in total. The normalized spacial score (nSPS) is 10.3. The maximum atomic E-state index is 11.9. The fourth-order valence-corrected chi connectivity index (χ4v) is 2.04. The lowest BCUT2D eigenvalue weighted by atomic mass is 10.1. The quantitative estimate of drug-likeness (QED) is 0.648. The molecule has 0 unspecified atom stereocenters. The third-order valence-corrected chi connectivity index (χ3v) is 3.23. The van der Waals surface area contributed by atoms with Crippen LogP contribution in [-0.4, -0.2) is 24.9 Å². The van der Waals surface area contributed by atoms with Crippen LogP contribution in [0.1, 0.15) is 22.8 Å². The molecule has 2 aromatic carbocycles. The van der Waals surface area contributed by atoms with Crippen LogP contribution >= 0.6 is 0 Å². The van der Waals surface area contributed by atoms with Crippen molar-refractivity contribution in [1.82, 2.24) is 0 Å². The molecule has 0 spiro atoms. The average molecular weight is 338 g/mol.